The van der Waals surface area contributed by atoms with Crippen LogP contribution in [0, 0.1) is 11.8 Å². The standard InChI is InChI=1S/C12H18F3N3O2/c13-12(14,15)6-18-5-8(3-10(18)19)11(20)17-9(4-16)7-1-2-7/h7-9H,1-6,16H2,(H,17,20). The average Bonchev–Trinajstić information content (AvgIpc) is 3.11. The summed E-state index contributed by atoms with van der Waals surface area (Å²) in [6.45, 7) is -1.16. The molecule has 2 fully saturated rings. The maximum absolute atomic E-state index is 12.3. The molecule has 20 heavy (non-hydrogen) atoms. The molecule has 1 aliphatic heterocycles. The van der Waals surface area contributed by atoms with Gasteiger partial charge in [0.15, 0.2) is 0 Å². The van der Waals surface area contributed by atoms with Crippen LogP contribution in [0.5, 0.6) is 0 Å². The smallest absolute Gasteiger partial charge is 0.352 e. The Balaban J connectivity index is 1.87. The minimum atomic E-state index is -4.44. The zero-order chi connectivity index (χ0) is 14.9. The number of nitrogens with one attached hydrogen (secondary N) is 1. The third kappa shape index (κ3) is 3.84. The molecule has 0 aromatic carbocycles. The zero-order valence-electron chi connectivity index (χ0n) is 10.9. The average molecular weight is 293 g/mol. The second-order valence-corrected chi connectivity index (χ2v) is 5.48. The second-order valence-electron chi connectivity index (χ2n) is 5.48. The molecule has 2 amide bonds. The van der Waals surface area contributed by atoms with Gasteiger partial charge >= 0.3 is 6.18 Å². The van der Waals surface area contributed by atoms with Crippen molar-refractivity contribution < 1.29 is 22.8 Å². The molecule has 0 aromatic heterocycles. The lowest BCUT2D eigenvalue weighted by atomic mass is 10.1. The topological polar surface area (TPSA) is 75.4 Å². The summed E-state index contributed by atoms with van der Waals surface area (Å²) in [5, 5.41) is 2.75. The number of nitrogens with zero attached hydrogens (tertiary/aromatic N) is 1. The normalized spacial score (nSPS) is 24.9. The molecule has 1 saturated carbocycles. The number of amides is 2. The van der Waals surface area contributed by atoms with Gasteiger partial charge in [-0.25, -0.2) is 0 Å². The number of carbonyl (C=O) groups excluding carboxylic acids is 2. The lowest BCUT2D eigenvalue weighted by Crippen LogP contribution is -2.45. The Bertz CT molecular complexity index is 396. The van der Waals surface area contributed by atoms with E-state index in [1.54, 1.807) is 0 Å². The van der Waals surface area contributed by atoms with Gasteiger partial charge in [-0.3, -0.25) is 9.59 Å². The van der Waals surface area contributed by atoms with Crippen molar-refractivity contribution in [3.8, 4) is 0 Å². The molecule has 0 bridgehead atoms. The quantitative estimate of drug-likeness (QED) is 0.763. The van der Waals surface area contributed by atoms with Crippen molar-refractivity contribution in [3.05, 3.63) is 0 Å². The first-order valence-corrected chi connectivity index (χ1v) is 6.65. The van der Waals surface area contributed by atoms with Gasteiger partial charge < -0.3 is 16.0 Å². The number of carbonyl (C=O) groups is 2. The molecule has 114 valence electrons. The van der Waals surface area contributed by atoms with Gasteiger partial charge in [-0.1, -0.05) is 0 Å². The zero-order valence-corrected chi connectivity index (χ0v) is 10.9. The highest BCUT2D eigenvalue weighted by Gasteiger charge is 2.41. The van der Waals surface area contributed by atoms with E-state index in [2.05, 4.69) is 5.32 Å². The van der Waals surface area contributed by atoms with Crippen molar-refractivity contribution in [1.29, 1.82) is 0 Å². The highest BCUT2D eigenvalue weighted by atomic mass is 19.4. The Morgan fingerprint density at radius 1 is 1.45 bits per heavy atom. The summed E-state index contributed by atoms with van der Waals surface area (Å²) in [6.07, 6.45) is -2.59. The van der Waals surface area contributed by atoms with Crippen LogP contribution in [0.4, 0.5) is 13.2 Å². The second kappa shape index (κ2) is 5.59. The number of hydrogen-bond acceptors (Lipinski definition) is 3. The van der Waals surface area contributed by atoms with Gasteiger partial charge in [0, 0.05) is 25.6 Å². The first-order chi connectivity index (χ1) is 9.30. The highest BCUT2D eigenvalue weighted by molar-refractivity contribution is 5.89. The predicted molar refractivity (Wildman–Crippen MR) is 64.5 cm³/mol. The molecule has 3 N–H and O–H groups in total. The highest BCUT2D eigenvalue weighted by Crippen LogP contribution is 2.32. The summed E-state index contributed by atoms with van der Waals surface area (Å²) < 4.78 is 36.8. The van der Waals surface area contributed by atoms with Crippen LogP contribution in [-0.2, 0) is 9.59 Å². The van der Waals surface area contributed by atoms with Crippen molar-refractivity contribution in [1.82, 2.24) is 10.2 Å². The molecule has 8 heteroatoms. The fourth-order valence-electron chi connectivity index (χ4n) is 2.49. The van der Waals surface area contributed by atoms with Crippen LogP contribution in [0.1, 0.15) is 19.3 Å². The monoisotopic (exact) mass is 293 g/mol. The van der Waals surface area contributed by atoms with Crippen molar-refractivity contribution >= 4 is 11.8 Å². The SMILES string of the molecule is NCC(NC(=O)C1CC(=O)N(CC(F)(F)F)C1)C1CC1. The van der Waals surface area contributed by atoms with E-state index in [-0.39, 0.29) is 24.9 Å². The minimum absolute atomic E-state index is 0.130. The molecule has 0 spiro atoms. The number of likely N-dealkylation sites (tertiary alicyclic amines) is 1. The van der Waals surface area contributed by atoms with Crippen LogP contribution in [0.3, 0.4) is 0 Å². The molecule has 1 saturated heterocycles. The number of alkyl halides is 3. The van der Waals surface area contributed by atoms with E-state index >= 15 is 0 Å². The maximum atomic E-state index is 12.3. The van der Waals surface area contributed by atoms with Gasteiger partial charge in [-0.05, 0) is 18.8 Å². The van der Waals surface area contributed by atoms with Crippen LogP contribution in [0.15, 0.2) is 0 Å². The Kier molecular flexibility index (Phi) is 4.22. The molecule has 1 aliphatic carbocycles. The first-order valence-electron chi connectivity index (χ1n) is 6.65. The molecular formula is C12H18F3N3O2. The van der Waals surface area contributed by atoms with E-state index in [9.17, 15) is 22.8 Å². The fourth-order valence-corrected chi connectivity index (χ4v) is 2.49. The lowest BCUT2D eigenvalue weighted by Gasteiger charge is -2.20. The molecule has 0 aromatic rings. The molecule has 2 unspecified atom stereocenters. The lowest BCUT2D eigenvalue weighted by molar-refractivity contribution is -0.157. The third-order valence-electron chi connectivity index (χ3n) is 3.73. The van der Waals surface area contributed by atoms with Gasteiger partial charge in [-0.2, -0.15) is 13.2 Å². The van der Waals surface area contributed by atoms with Crippen LogP contribution in [0.2, 0.25) is 0 Å². The summed E-state index contributed by atoms with van der Waals surface area (Å²) in [5.41, 5.74) is 5.56. The molecule has 0 radical (unpaired) electrons. The summed E-state index contributed by atoms with van der Waals surface area (Å²) in [6, 6.07) is -0.130. The summed E-state index contributed by atoms with van der Waals surface area (Å²) in [5.74, 6) is -1.34. The van der Waals surface area contributed by atoms with Crippen LogP contribution in [-0.4, -0.2) is 48.6 Å². The number of halogens is 3. The predicted octanol–water partition coefficient (Wildman–Crippen LogP) is 0.251. The van der Waals surface area contributed by atoms with E-state index in [1.165, 1.54) is 0 Å². The van der Waals surface area contributed by atoms with Gasteiger partial charge in [0.25, 0.3) is 0 Å². The fraction of sp³-hybridized carbons (Fsp3) is 0.833. The van der Waals surface area contributed by atoms with E-state index in [0.29, 0.717) is 17.4 Å². The summed E-state index contributed by atoms with van der Waals surface area (Å²) >= 11 is 0. The number of nitrogens with two attached hydrogens (primary N) is 1. The van der Waals surface area contributed by atoms with Crippen molar-refractivity contribution in [3.63, 3.8) is 0 Å². The van der Waals surface area contributed by atoms with E-state index in [1.807, 2.05) is 0 Å². The number of hydrogen-bond donors (Lipinski definition) is 2. The van der Waals surface area contributed by atoms with Crippen LogP contribution >= 0.6 is 0 Å². The van der Waals surface area contributed by atoms with Crippen LogP contribution < -0.4 is 11.1 Å². The van der Waals surface area contributed by atoms with Crippen molar-refractivity contribution in [2.24, 2.45) is 17.6 Å². The third-order valence-corrected chi connectivity index (χ3v) is 3.73. The van der Waals surface area contributed by atoms with E-state index in [0.717, 1.165) is 12.8 Å². The Morgan fingerprint density at radius 3 is 2.60 bits per heavy atom. The van der Waals surface area contributed by atoms with Crippen molar-refractivity contribution in [2.45, 2.75) is 31.5 Å². The summed E-state index contributed by atoms with van der Waals surface area (Å²) in [7, 11) is 0. The molecule has 2 atom stereocenters. The Labute approximate surface area is 114 Å². The Morgan fingerprint density at radius 2 is 2.10 bits per heavy atom. The van der Waals surface area contributed by atoms with Gasteiger partial charge in [-0.15, -0.1) is 0 Å². The minimum Gasteiger partial charge on any atom is -0.352 e. The first kappa shape index (κ1) is 15.1. The van der Waals surface area contributed by atoms with Gasteiger partial charge in [0.1, 0.15) is 6.54 Å². The van der Waals surface area contributed by atoms with Gasteiger partial charge in [0.2, 0.25) is 11.8 Å². The molecule has 2 aliphatic rings. The van der Waals surface area contributed by atoms with Crippen LogP contribution in [0.25, 0.3) is 0 Å². The molecule has 1 heterocycles. The maximum Gasteiger partial charge on any atom is 0.406 e. The van der Waals surface area contributed by atoms with E-state index < -0.39 is 24.5 Å². The van der Waals surface area contributed by atoms with Gasteiger partial charge in [0.05, 0.1) is 5.92 Å². The van der Waals surface area contributed by atoms with Crippen molar-refractivity contribution in [2.75, 3.05) is 19.6 Å². The summed E-state index contributed by atoms with van der Waals surface area (Å²) in [4.78, 5) is 24.2. The molecule has 5 nitrogen and oxygen atoms in total. The largest absolute Gasteiger partial charge is 0.406 e. The molecular weight excluding hydrogens is 275 g/mol. The number of rotatable bonds is 5. The molecule has 2 rings (SSSR count). The Hall–Kier alpha value is -1.31. The van der Waals surface area contributed by atoms with E-state index in [4.69, 9.17) is 5.73 Å².